The third-order valence-corrected chi connectivity index (χ3v) is 6.75. The van der Waals surface area contributed by atoms with Gasteiger partial charge in [-0.05, 0) is 44.6 Å². The van der Waals surface area contributed by atoms with Crippen LogP contribution in [0.15, 0.2) is 28.4 Å². The largest absolute Gasteiger partial charge is 0.382 e. The first-order chi connectivity index (χ1) is 16.8. The maximum atomic E-state index is 10.9. The van der Waals surface area contributed by atoms with E-state index < -0.39 is 0 Å². The Hall–Kier alpha value is -2.85. The minimum absolute atomic E-state index is 0.203. The Bertz CT molecular complexity index is 1170. The number of thiazole rings is 1. The van der Waals surface area contributed by atoms with Crippen LogP contribution in [-0.2, 0) is 11.2 Å². The maximum absolute atomic E-state index is 10.9. The molecule has 4 rings (SSSR count). The summed E-state index contributed by atoms with van der Waals surface area (Å²) in [6.45, 7) is 6.32. The fourth-order valence-corrected chi connectivity index (χ4v) is 5.15. The van der Waals surface area contributed by atoms with Crippen LogP contribution in [0.25, 0.3) is 11.0 Å². The van der Waals surface area contributed by atoms with Gasteiger partial charge in [-0.1, -0.05) is 25.4 Å². The fraction of sp³-hybridized carbons (Fsp3) is 0.500. The Morgan fingerprint density at radius 2 is 2.17 bits per heavy atom. The van der Waals surface area contributed by atoms with Crippen LogP contribution >= 0.6 is 22.9 Å². The first kappa shape index (κ1) is 26.7. The van der Waals surface area contributed by atoms with E-state index in [-0.39, 0.29) is 12.1 Å². The van der Waals surface area contributed by atoms with E-state index in [1.165, 1.54) is 17.7 Å². The number of fused-ring (bicyclic) bond motifs is 1. The Balaban J connectivity index is 0.000000420. The number of halogens is 1. The number of amides is 1. The van der Waals surface area contributed by atoms with Crippen LogP contribution < -0.4 is 11.1 Å². The second-order valence-corrected chi connectivity index (χ2v) is 10.8. The molecule has 0 aliphatic heterocycles. The number of rotatable bonds is 7. The monoisotopic (exact) mass is 516 g/mol. The third kappa shape index (κ3) is 7.32. The van der Waals surface area contributed by atoms with Gasteiger partial charge in [0.25, 0.3) is 0 Å². The molecule has 2 unspecified atom stereocenters. The number of carbonyl (C=O) groups excluding carboxylic acids is 1. The fourth-order valence-electron chi connectivity index (χ4n) is 4.27. The summed E-state index contributed by atoms with van der Waals surface area (Å²) in [5.74, 6) is 1.88. The molecule has 3 aromatic heterocycles. The number of hydrogen-bond acceptors (Lipinski definition) is 6. The van der Waals surface area contributed by atoms with Gasteiger partial charge in [0.05, 0.1) is 22.9 Å². The quantitative estimate of drug-likeness (QED) is 0.275. The number of carbonyl (C=O) groups is 1. The van der Waals surface area contributed by atoms with Crippen LogP contribution in [0.2, 0.25) is 4.34 Å². The summed E-state index contributed by atoms with van der Waals surface area (Å²) in [4.78, 5) is 32.1. The molecule has 9 nitrogen and oxygen atoms in total. The number of nitrogens with one attached hydrogen (secondary N) is 1. The molecule has 1 saturated carbocycles. The Kier molecular flexibility index (Phi) is 9.73. The van der Waals surface area contributed by atoms with Crippen molar-refractivity contribution in [1.82, 2.24) is 24.8 Å². The second-order valence-electron chi connectivity index (χ2n) is 8.93. The van der Waals surface area contributed by atoms with Crippen molar-refractivity contribution in [3.05, 3.63) is 39.3 Å². The number of imidazole rings is 1. The van der Waals surface area contributed by atoms with Gasteiger partial charge >= 0.3 is 0 Å². The molecule has 3 aromatic rings. The molecule has 0 bridgehead atoms. The Labute approximate surface area is 215 Å². The Morgan fingerprint density at radius 1 is 1.37 bits per heavy atom. The first-order valence-corrected chi connectivity index (χ1v) is 12.9. The highest BCUT2D eigenvalue weighted by Gasteiger charge is 2.27. The topological polar surface area (TPSA) is 123 Å². The van der Waals surface area contributed by atoms with Crippen molar-refractivity contribution < 1.29 is 4.79 Å². The summed E-state index contributed by atoms with van der Waals surface area (Å²) >= 11 is 7.01. The number of nitrogens with zero attached hydrogens (tertiary/aromatic N) is 6. The van der Waals surface area contributed by atoms with Crippen molar-refractivity contribution in [3.63, 3.8) is 0 Å². The van der Waals surface area contributed by atoms with Gasteiger partial charge in [-0.2, -0.15) is 0 Å². The van der Waals surface area contributed by atoms with Crippen molar-refractivity contribution >= 4 is 52.6 Å². The smallest absolute Gasteiger partial charge is 0.207 e. The molecule has 3 N–H and O–H groups in total. The summed E-state index contributed by atoms with van der Waals surface area (Å²) < 4.78 is 3.10. The molecule has 3 heterocycles. The van der Waals surface area contributed by atoms with Crippen LogP contribution in [0.3, 0.4) is 0 Å². The zero-order valence-electron chi connectivity index (χ0n) is 20.6. The number of pyridine rings is 1. The van der Waals surface area contributed by atoms with Gasteiger partial charge in [-0.15, -0.1) is 11.3 Å². The molecule has 0 aromatic carbocycles. The second kappa shape index (κ2) is 12.7. The summed E-state index contributed by atoms with van der Waals surface area (Å²) in [5, 5.41) is 3.98. The summed E-state index contributed by atoms with van der Waals surface area (Å²) in [7, 11) is 1.65. The van der Waals surface area contributed by atoms with E-state index in [4.69, 9.17) is 22.3 Å². The van der Waals surface area contributed by atoms with Gasteiger partial charge in [-0.25, -0.2) is 15.0 Å². The van der Waals surface area contributed by atoms with Gasteiger partial charge in [0.2, 0.25) is 6.41 Å². The molecular weight excluding hydrogens is 484 g/mol. The maximum Gasteiger partial charge on any atom is 0.207 e. The van der Waals surface area contributed by atoms with Crippen LogP contribution in [-0.4, -0.2) is 51.2 Å². The van der Waals surface area contributed by atoms with Crippen LogP contribution in [0, 0.1) is 12.8 Å². The number of aromatic nitrogens is 4. The van der Waals surface area contributed by atoms with Gasteiger partial charge in [0, 0.05) is 25.6 Å². The highest BCUT2D eigenvalue weighted by Crippen LogP contribution is 2.33. The molecule has 0 saturated heterocycles. The lowest BCUT2D eigenvalue weighted by Gasteiger charge is -2.31. The van der Waals surface area contributed by atoms with E-state index in [1.807, 2.05) is 13.0 Å². The SMILES string of the molecule is CN=CN=C(N)c1cc2c(cn1)nc(CC(C)C)n2C1CCCC(NC=O)C1.Cc1ncc(Cl)s1. The molecule has 1 amide bonds. The van der Waals surface area contributed by atoms with Crippen molar-refractivity contribution in [3.8, 4) is 0 Å². The summed E-state index contributed by atoms with van der Waals surface area (Å²) in [5.41, 5.74) is 8.56. The number of amidine groups is 1. The van der Waals surface area contributed by atoms with Crippen LogP contribution in [0.4, 0.5) is 0 Å². The van der Waals surface area contributed by atoms with Crippen LogP contribution in [0.5, 0.6) is 0 Å². The number of aliphatic imine (C=N–C) groups is 2. The molecule has 188 valence electrons. The number of hydrogen-bond donors (Lipinski definition) is 2. The van der Waals surface area contributed by atoms with E-state index in [2.05, 4.69) is 43.7 Å². The predicted molar refractivity (Wildman–Crippen MR) is 144 cm³/mol. The molecule has 0 spiro atoms. The normalized spacial score (nSPS) is 18.6. The standard InChI is InChI=1S/C20H29N7O.C4H4ClNS/c1-13(2)7-19-26-17-10-23-16(20(21)24-11-22-3)9-18(17)27(19)15-6-4-5-14(8-15)25-12-28;1-3-6-2-4(5)7-3/h9-15H,4-8H2,1-3H3,(H,25,28)(H2,21,22,24);2H,1H3. The van der Waals surface area contributed by atoms with Gasteiger partial charge in [0.15, 0.2) is 5.84 Å². The lowest BCUT2D eigenvalue weighted by molar-refractivity contribution is -0.110. The average molecular weight is 517 g/mol. The van der Waals surface area contributed by atoms with E-state index in [9.17, 15) is 4.79 Å². The molecule has 1 aliphatic rings. The van der Waals surface area contributed by atoms with Gasteiger partial charge in [0.1, 0.15) is 27.7 Å². The highest BCUT2D eigenvalue weighted by atomic mass is 35.5. The molecule has 1 aliphatic carbocycles. The van der Waals surface area contributed by atoms with Crippen molar-refractivity contribution in [2.24, 2.45) is 21.6 Å². The Morgan fingerprint density at radius 3 is 2.77 bits per heavy atom. The lowest BCUT2D eigenvalue weighted by Crippen LogP contribution is -2.34. The molecule has 1 fully saturated rings. The highest BCUT2D eigenvalue weighted by molar-refractivity contribution is 7.15. The lowest BCUT2D eigenvalue weighted by atomic mass is 9.90. The predicted octanol–water partition coefficient (Wildman–Crippen LogP) is 4.33. The van der Waals surface area contributed by atoms with E-state index >= 15 is 0 Å². The van der Waals surface area contributed by atoms with Gasteiger partial charge in [-0.3, -0.25) is 14.8 Å². The molecule has 11 heteroatoms. The zero-order chi connectivity index (χ0) is 25.4. The number of nitrogens with two attached hydrogens (primary N) is 1. The molecular formula is C24H33ClN8OS. The van der Waals surface area contributed by atoms with Crippen molar-refractivity contribution in [2.75, 3.05) is 7.05 Å². The average Bonchev–Trinajstić information content (AvgIpc) is 3.38. The zero-order valence-corrected chi connectivity index (χ0v) is 22.2. The van der Waals surface area contributed by atoms with Crippen molar-refractivity contribution in [2.45, 2.75) is 65.0 Å². The van der Waals surface area contributed by atoms with E-state index in [0.717, 1.165) is 64.7 Å². The van der Waals surface area contributed by atoms with E-state index in [0.29, 0.717) is 17.4 Å². The van der Waals surface area contributed by atoms with Gasteiger partial charge < -0.3 is 15.6 Å². The third-order valence-electron chi connectivity index (χ3n) is 5.72. The molecule has 0 radical (unpaired) electrons. The summed E-state index contributed by atoms with van der Waals surface area (Å²) in [6, 6.07) is 2.45. The van der Waals surface area contributed by atoms with Crippen LogP contribution in [0.1, 0.15) is 62.1 Å². The first-order valence-electron chi connectivity index (χ1n) is 11.7. The molecule has 35 heavy (non-hydrogen) atoms. The minimum Gasteiger partial charge on any atom is -0.382 e. The van der Waals surface area contributed by atoms with E-state index in [1.54, 1.807) is 19.4 Å². The number of aryl methyl sites for hydroxylation is 1. The van der Waals surface area contributed by atoms with Crippen molar-refractivity contribution in [1.29, 1.82) is 0 Å². The summed E-state index contributed by atoms with van der Waals surface area (Å²) in [6.07, 6.45) is 10.6. The minimum atomic E-state index is 0.203. The molecule has 2 atom stereocenters.